The molecule has 3 atom stereocenters. The van der Waals surface area contributed by atoms with Gasteiger partial charge in [0.15, 0.2) is 5.96 Å². The lowest BCUT2D eigenvalue weighted by Crippen LogP contribution is -2.46. The second-order valence-corrected chi connectivity index (χ2v) is 8.10. The van der Waals surface area contributed by atoms with Crippen LogP contribution in [0.15, 0.2) is 29.5 Å². The van der Waals surface area contributed by atoms with Crippen LogP contribution in [-0.4, -0.2) is 51.9 Å². The molecule has 1 saturated carbocycles. The van der Waals surface area contributed by atoms with E-state index in [9.17, 15) is 4.21 Å². The molecule has 0 aromatic carbocycles. The predicted octanol–water partition coefficient (Wildman–Crippen LogP) is 2.71. The van der Waals surface area contributed by atoms with E-state index < -0.39 is 10.8 Å². The molecule has 1 heterocycles. The second kappa shape index (κ2) is 13.3. The number of hydrogen-bond acceptors (Lipinski definition) is 4. The summed E-state index contributed by atoms with van der Waals surface area (Å²) in [4.78, 5) is 8.61. The Hall–Kier alpha value is -0.900. The minimum Gasteiger partial charge on any atom is -0.490 e. The Labute approximate surface area is 176 Å². The van der Waals surface area contributed by atoms with Gasteiger partial charge in [-0.3, -0.25) is 9.19 Å². The molecule has 0 spiro atoms. The van der Waals surface area contributed by atoms with Gasteiger partial charge in [-0.15, -0.1) is 24.0 Å². The van der Waals surface area contributed by atoms with Crippen LogP contribution in [0.5, 0.6) is 5.75 Å². The standard InChI is InChI=1S/C18H30N4O2S.HI/c1-3-20-18(21-11-12-24-16-8-6-10-19-14-16)22-15-7-5-9-17(13-15)25(23)4-2;/h6,8,10,14-15,17H,3-5,7,9,11-13H2,1-2H3,(H2,20,21,22);1H. The number of nitrogens with one attached hydrogen (secondary N) is 2. The largest absolute Gasteiger partial charge is 0.490 e. The summed E-state index contributed by atoms with van der Waals surface area (Å²) < 4.78 is 17.7. The molecule has 1 aliphatic rings. The zero-order valence-corrected chi connectivity index (χ0v) is 18.8. The van der Waals surface area contributed by atoms with E-state index >= 15 is 0 Å². The van der Waals surface area contributed by atoms with E-state index in [0.717, 1.165) is 49.7 Å². The van der Waals surface area contributed by atoms with Crippen LogP contribution in [0.4, 0.5) is 0 Å². The highest BCUT2D eigenvalue weighted by Gasteiger charge is 2.25. The van der Waals surface area contributed by atoms with Crippen molar-refractivity contribution in [3.63, 3.8) is 0 Å². The fourth-order valence-corrected chi connectivity index (χ4v) is 4.37. The average molecular weight is 494 g/mol. The Balaban J connectivity index is 0.00000338. The number of hydrogen-bond donors (Lipinski definition) is 2. The van der Waals surface area contributed by atoms with Gasteiger partial charge >= 0.3 is 0 Å². The molecule has 0 saturated heterocycles. The van der Waals surface area contributed by atoms with E-state index in [-0.39, 0.29) is 24.0 Å². The molecular formula is C18H31IN4O2S. The van der Waals surface area contributed by atoms with Gasteiger partial charge in [-0.25, -0.2) is 4.99 Å². The van der Waals surface area contributed by atoms with Crippen molar-refractivity contribution in [2.75, 3.05) is 25.4 Å². The molecule has 1 aromatic rings. The number of rotatable bonds is 8. The summed E-state index contributed by atoms with van der Waals surface area (Å²) in [5, 5.41) is 7.10. The SMILES string of the molecule is CCNC(=NCCOc1cccnc1)NC1CCCC(S(=O)CC)C1.I. The van der Waals surface area contributed by atoms with Gasteiger partial charge < -0.3 is 15.4 Å². The summed E-state index contributed by atoms with van der Waals surface area (Å²) >= 11 is 0. The zero-order valence-electron chi connectivity index (χ0n) is 15.6. The molecule has 0 bridgehead atoms. The summed E-state index contributed by atoms with van der Waals surface area (Å²) in [5.74, 6) is 2.31. The lowest BCUT2D eigenvalue weighted by molar-refractivity contribution is 0.327. The molecule has 6 nitrogen and oxygen atoms in total. The molecule has 2 N–H and O–H groups in total. The van der Waals surface area contributed by atoms with Gasteiger partial charge in [0.1, 0.15) is 12.4 Å². The van der Waals surface area contributed by atoms with E-state index in [1.807, 2.05) is 19.1 Å². The van der Waals surface area contributed by atoms with Crippen LogP contribution in [0.3, 0.4) is 0 Å². The normalized spacial score (nSPS) is 21.4. The van der Waals surface area contributed by atoms with Crippen LogP contribution in [0.25, 0.3) is 0 Å². The number of aromatic nitrogens is 1. The summed E-state index contributed by atoms with van der Waals surface area (Å²) in [7, 11) is -0.707. The van der Waals surface area contributed by atoms with Crippen molar-refractivity contribution in [3.8, 4) is 5.75 Å². The fraction of sp³-hybridized carbons (Fsp3) is 0.667. The number of halogens is 1. The van der Waals surface area contributed by atoms with Crippen molar-refractivity contribution < 1.29 is 8.95 Å². The van der Waals surface area contributed by atoms with Crippen molar-refractivity contribution in [2.45, 2.75) is 50.8 Å². The van der Waals surface area contributed by atoms with E-state index in [2.05, 4.69) is 27.5 Å². The van der Waals surface area contributed by atoms with Crippen LogP contribution < -0.4 is 15.4 Å². The zero-order chi connectivity index (χ0) is 17.9. The highest BCUT2D eigenvalue weighted by atomic mass is 127. The van der Waals surface area contributed by atoms with Crippen molar-refractivity contribution >= 4 is 40.7 Å². The third-order valence-corrected chi connectivity index (χ3v) is 5.97. The Bertz CT molecular complexity index is 559. The van der Waals surface area contributed by atoms with Crippen molar-refractivity contribution in [2.24, 2.45) is 4.99 Å². The lowest BCUT2D eigenvalue weighted by atomic mass is 9.95. The number of nitrogens with zero attached hydrogens (tertiary/aromatic N) is 2. The van der Waals surface area contributed by atoms with E-state index in [1.54, 1.807) is 12.4 Å². The number of aliphatic imine (C=N–C) groups is 1. The molecule has 1 aliphatic carbocycles. The number of pyridine rings is 1. The van der Waals surface area contributed by atoms with Gasteiger partial charge in [-0.1, -0.05) is 13.3 Å². The molecule has 0 aliphatic heterocycles. The topological polar surface area (TPSA) is 75.6 Å². The molecule has 3 unspecified atom stereocenters. The Kier molecular flexibility index (Phi) is 11.8. The number of ether oxygens (including phenoxy) is 1. The third-order valence-electron chi connectivity index (χ3n) is 4.23. The van der Waals surface area contributed by atoms with Crippen LogP contribution in [0.1, 0.15) is 39.5 Å². The summed E-state index contributed by atoms with van der Waals surface area (Å²) in [5.41, 5.74) is 0. The molecular weight excluding hydrogens is 463 g/mol. The molecule has 26 heavy (non-hydrogen) atoms. The van der Waals surface area contributed by atoms with Crippen LogP contribution in [0.2, 0.25) is 0 Å². The van der Waals surface area contributed by atoms with E-state index in [4.69, 9.17) is 4.74 Å². The van der Waals surface area contributed by atoms with Gasteiger partial charge in [0.05, 0.1) is 12.7 Å². The van der Waals surface area contributed by atoms with Crippen LogP contribution >= 0.6 is 24.0 Å². The first-order valence-corrected chi connectivity index (χ1v) is 10.6. The molecule has 2 rings (SSSR count). The first kappa shape index (κ1) is 23.1. The molecule has 0 radical (unpaired) electrons. The monoisotopic (exact) mass is 494 g/mol. The molecule has 148 valence electrons. The second-order valence-electron chi connectivity index (χ2n) is 6.10. The summed E-state index contributed by atoms with van der Waals surface area (Å²) in [6.45, 7) is 5.95. The summed E-state index contributed by atoms with van der Waals surface area (Å²) in [6.07, 6.45) is 7.68. The van der Waals surface area contributed by atoms with Crippen LogP contribution in [0, 0.1) is 0 Å². The maximum absolute atomic E-state index is 12.1. The molecule has 1 aromatic heterocycles. The van der Waals surface area contributed by atoms with Gasteiger partial charge in [-0.05, 0) is 38.3 Å². The Morgan fingerprint density at radius 2 is 2.27 bits per heavy atom. The third kappa shape index (κ3) is 8.20. The highest BCUT2D eigenvalue weighted by Crippen LogP contribution is 2.22. The van der Waals surface area contributed by atoms with Gasteiger partial charge in [-0.2, -0.15) is 0 Å². The van der Waals surface area contributed by atoms with E-state index in [0.29, 0.717) is 24.4 Å². The van der Waals surface area contributed by atoms with Crippen LogP contribution in [-0.2, 0) is 10.8 Å². The number of guanidine groups is 1. The van der Waals surface area contributed by atoms with Gasteiger partial charge in [0.2, 0.25) is 0 Å². The summed E-state index contributed by atoms with van der Waals surface area (Å²) in [6, 6.07) is 4.08. The minimum absolute atomic E-state index is 0. The minimum atomic E-state index is -0.707. The van der Waals surface area contributed by atoms with Crippen molar-refractivity contribution in [1.29, 1.82) is 0 Å². The molecule has 0 amide bonds. The maximum Gasteiger partial charge on any atom is 0.191 e. The molecule has 1 fully saturated rings. The van der Waals surface area contributed by atoms with Crippen molar-refractivity contribution in [1.82, 2.24) is 15.6 Å². The predicted molar refractivity (Wildman–Crippen MR) is 119 cm³/mol. The maximum atomic E-state index is 12.1. The first-order valence-electron chi connectivity index (χ1n) is 9.17. The first-order chi connectivity index (χ1) is 12.2. The quantitative estimate of drug-likeness (QED) is 0.252. The smallest absolute Gasteiger partial charge is 0.191 e. The Morgan fingerprint density at radius 3 is 2.96 bits per heavy atom. The average Bonchev–Trinajstić information content (AvgIpc) is 2.65. The van der Waals surface area contributed by atoms with E-state index in [1.165, 1.54) is 0 Å². The fourth-order valence-electron chi connectivity index (χ4n) is 3.02. The van der Waals surface area contributed by atoms with Gasteiger partial charge in [0.25, 0.3) is 0 Å². The molecule has 8 heteroatoms. The Morgan fingerprint density at radius 1 is 1.42 bits per heavy atom. The lowest BCUT2D eigenvalue weighted by Gasteiger charge is -2.30. The van der Waals surface area contributed by atoms with Gasteiger partial charge in [0, 0.05) is 40.6 Å². The van der Waals surface area contributed by atoms with Crippen molar-refractivity contribution in [3.05, 3.63) is 24.5 Å². The highest BCUT2D eigenvalue weighted by molar-refractivity contribution is 14.0.